The summed E-state index contributed by atoms with van der Waals surface area (Å²) in [6, 6.07) is 16.7. The van der Waals surface area contributed by atoms with Gasteiger partial charge in [-0.25, -0.2) is 9.59 Å². The first-order valence-corrected chi connectivity index (χ1v) is 8.05. The molecule has 0 aliphatic heterocycles. The maximum atomic E-state index is 11.8. The number of carbonyl (C=O) groups excluding carboxylic acids is 2. The molecular formula is C19H23N3O3. The monoisotopic (exact) mass is 341 g/mol. The van der Waals surface area contributed by atoms with E-state index in [9.17, 15) is 9.59 Å². The Hall–Kier alpha value is -3.02. The molecule has 2 amide bonds. The van der Waals surface area contributed by atoms with Crippen molar-refractivity contribution in [2.75, 3.05) is 32.1 Å². The first kappa shape index (κ1) is 18.3. The minimum Gasteiger partial charge on any atom is -0.465 e. The number of hydrogen-bond acceptors (Lipinski definition) is 4. The summed E-state index contributed by atoms with van der Waals surface area (Å²) >= 11 is 0. The van der Waals surface area contributed by atoms with Crippen LogP contribution in [0, 0.1) is 0 Å². The normalized spacial score (nSPS) is 10.0. The number of amides is 2. The van der Waals surface area contributed by atoms with Crippen molar-refractivity contribution in [2.24, 2.45) is 0 Å². The standard InChI is InChI=1S/C19H23N3O3/c1-22(17-6-4-3-5-7-17)13-12-20-19(24)21-14-15-8-10-16(11-9-15)18(23)25-2/h3-11H,12-14H2,1-2H3,(H2,20,21,24). The van der Waals surface area contributed by atoms with E-state index in [1.807, 2.05) is 37.4 Å². The molecule has 0 aliphatic carbocycles. The highest BCUT2D eigenvalue weighted by atomic mass is 16.5. The van der Waals surface area contributed by atoms with Gasteiger partial charge in [-0.1, -0.05) is 30.3 Å². The number of urea groups is 1. The lowest BCUT2D eigenvalue weighted by Gasteiger charge is -2.19. The molecule has 0 heterocycles. The minimum absolute atomic E-state index is 0.224. The molecule has 6 nitrogen and oxygen atoms in total. The van der Waals surface area contributed by atoms with Crippen molar-refractivity contribution >= 4 is 17.7 Å². The van der Waals surface area contributed by atoms with Gasteiger partial charge in [0.05, 0.1) is 12.7 Å². The number of ether oxygens (including phenoxy) is 1. The van der Waals surface area contributed by atoms with Crippen LogP contribution in [0.5, 0.6) is 0 Å². The van der Waals surface area contributed by atoms with Gasteiger partial charge in [-0.3, -0.25) is 0 Å². The van der Waals surface area contributed by atoms with Crippen LogP contribution in [0.25, 0.3) is 0 Å². The number of nitrogens with one attached hydrogen (secondary N) is 2. The van der Waals surface area contributed by atoms with E-state index in [2.05, 4.69) is 20.3 Å². The SMILES string of the molecule is COC(=O)c1ccc(CNC(=O)NCCN(C)c2ccccc2)cc1. The highest BCUT2D eigenvalue weighted by Crippen LogP contribution is 2.09. The van der Waals surface area contributed by atoms with E-state index in [-0.39, 0.29) is 12.0 Å². The molecule has 2 N–H and O–H groups in total. The number of rotatable bonds is 7. The average Bonchev–Trinajstić information content (AvgIpc) is 2.66. The number of carbonyl (C=O) groups is 2. The van der Waals surface area contributed by atoms with E-state index in [0.717, 1.165) is 11.3 Å². The zero-order valence-electron chi connectivity index (χ0n) is 14.5. The van der Waals surface area contributed by atoms with Gasteiger partial charge < -0.3 is 20.3 Å². The molecule has 0 saturated carbocycles. The molecule has 2 aromatic rings. The van der Waals surface area contributed by atoms with Gasteiger partial charge in [0.2, 0.25) is 0 Å². The number of benzene rings is 2. The van der Waals surface area contributed by atoms with Crippen LogP contribution >= 0.6 is 0 Å². The van der Waals surface area contributed by atoms with Crippen LogP contribution in [-0.4, -0.2) is 39.2 Å². The third-order valence-electron chi connectivity index (χ3n) is 3.76. The number of anilines is 1. The van der Waals surface area contributed by atoms with Crippen molar-refractivity contribution in [2.45, 2.75) is 6.54 Å². The Bertz CT molecular complexity index is 687. The number of esters is 1. The first-order valence-electron chi connectivity index (χ1n) is 8.05. The zero-order chi connectivity index (χ0) is 18.1. The first-order chi connectivity index (χ1) is 12.1. The summed E-state index contributed by atoms with van der Waals surface area (Å²) in [5.74, 6) is -0.375. The van der Waals surface area contributed by atoms with Crippen molar-refractivity contribution in [3.63, 3.8) is 0 Å². The molecule has 2 rings (SSSR count). The van der Waals surface area contributed by atoms with E-state index >= 15 is 0 Å². The van der Waals surface area contributed by atoms with Crippen molar-refractivity contribution in [1.29, 1.82) is 0 Å². The van der Waals surface area contributed by atoms with E-state index < -0.39 is 0 Å². The summed E-state index contributed by atoms with van der Waals surface area (Å²) in [5.41, 5.74) is 2.50. The Kier molecular flexibility index (Phi) is 6.83. The summed E-state index contributed by atoms with van der Waals surface area (Å²) in [6.45, 7) is 1.64. The lowest BCUT2D eigenvalue weighted by atomic mass is 10.1. The fourth-order valence-electron chi connectivity index (χ4n) is 2.27. The number of methoxy groups -OCH3 is 1. The molecule has 0 aromatic heterocycles. The Balaban J connectivity index is 1.69. The van der Waals surface area contributed by atoms with Crippen LogP contribution in [-0.2, 0) is 11.3 Å². The molecule has 0 radical (unpaired) electrons. The van der Waals surface area contributed by atoms with Gasteiger partial charge in [0.1, 0.15) is 0 Å². The summed E-state index contributed by atoms with van der Waals surface area (Å²) in [6.07, 6.45) is 0. The highest BCUT2D eigenvalue weighted by molar-refractivity contribution is 5.89. The number of para-hydroxylation sites is 1. The third kappa shape index (κ3) is 5.84. The van der Waals surface area contributed by atoms with Crippen LogP contribution in [0.2, 0.25) is 0 Å². The van der Waals surface area contributed by atoms with E-state index in [1.54, 1.807) is 24.3 Å². The molecule has 0 atom stereocenters. The summed E-state index contributed by atoms with van der Waals surface area (Å²) in [4.78, 5) is 25.3. The lowest BCUT2D eigenvalue weighted by molar-refractivity contribution is 0.0600. The van der Waals surface area contributed by atoms with Crippen LogP contribution in [0.15, 0.2) is 54.6 Å². The van der Waals surface area contributed by atoms with Crippen LogP contribution in [0.3, 0.4) is 0 Å². The summed E-state index contributed by atoms with van der Waals surface area (Å²) in [5, 5.41) is 5.62. The minimum atomic E-state index is -0.375. The maximum Gasteiger partial charge on any atom is 0.337 e. The van der Waals surface area contributed by atoms with Gasteiger partial charge in [0.25, 0.3) is 0 Å². The molecular weight excluding hydrogens is 318 g/mol. The second-order valence-corrected chi connectivity index (χ2v) is 5.56. The van der Waals surface area contributed by atoms with Crippen LogP contribution in [0.4, 0.5) is 10.5 Å². The van der Waals surface area contributed by atoms with E-state index in [1.165, 1.54) is 7.11 Å². The molecule has 0 fully saturated rings. The smallest absolute Gasteiger partial charge is 0.337 e. The molecule has 0 aliphatic rings. The molecule has 0 saturated heterocycles. The zero-order valence-corrected chi connectivity index (χ0v) is 14.5. The number of likely N-dealkylation sites (N-methyl/N-ethyl adjacent to an activating group) is 1. The predicted octanol–water partition coefficient (Wildman–Crippen LogP) is 2.41. The second kappa shape index (κ2) is 9.32. The topological polar surface area (TPSA) is 70.7 Å². The fraction of sp³-hybridized carbons (Fsp3) is 0.263. The van der Waals surface area contributed by atoms with Crippen LogP contribution in [0.1, 0.15) is 15.9 Å². The molecule has 0 bridgehead atoms. The predicted molar refractivity (Wildman–Crippen MR) is 97.7 cm³/mol. The molecule has 0 unspecified atom stereocenters. The number of hydrogen-bond donors (Lipinski definition) is 2. The molecule has 0 spiro atoms. The summed E-state index contributed by atoms with van der Waals surface area (Å²) in [7, 11) is 3.33. The Morgan fingerprint density at radius 2 is 1.68 bits per heavy atom. The van der Waals surface area contributed by atoms with E-state index in [0.29, 0.717) is 25.2 Å². The Morgan fingerprint density at radius 3 is 2.32 bits per heavy atom. The van der Waals surface area contributed by atoms with Crippen molar-refractivity contribution in [1.82, 2.24) is 10.6 Å². The summed E-state index contributed by atoms with van der Waals surface area (Å²) < 4.78 is 4.65. The van der Waals surface area contributed by atoms with E-state index in [4.69, 9.17) is 0 Å². The number of nitrogens with zero attached hydrogens (tertiary/aromatic N) is 1. The highest BCUT2D eigenvalue weighted by Gasteiger charge is 2.05. The van der Waals surface area contributed by atoms with Gasteiger partial charge in [-0.2, -0.15) is 0 Å². The fourth-order valence-corrected chi connectivity index (χ4v) is 2.27. The second-order valence-electron chi connectivity index (χ2n) is 5.56. The van der Waals surface area contributed by atoms with Gasteiger partial charge in [0, 0.05) is 32.4 Å². The Morgan fingerprint density at radius 1 is 1.00 bits per heavy atom. The van der Waals surface area contributed by atoms with Gasteiger partial charge in [-0.15, -0.1) is 0 Å². The van der Waals surface area contributed by atoms with Gasteiger partial charge in [0.15, 0.2) is 0 Å². The van der Waals surface area contributed by atoms with Crippen molar-refractivity contribution in [3.05, 3.63) is 65.7 Å². The van der Waals surface area contributed by atoms with Gasteiger partial charge in [-0.05, 0) is 29.8 Å². The van der Waals surface area contributed by atoms with Crippen molar-refractivity contribution < 1.29 is 14.3 Å². The third-order valence-corrected chi connectivity index (χ3v) is 3.76. The molecule has 25 heavy (non-hydrogen) atoms. The van der Waals surface area contributed by atoms with Gasteiger partial charge >= 0.3 is 12.0 Å². The molecule has 2 aromatic carbocycles. The molecule has 132 valence electrons. The Labute approximate surface area is 147 Å². The maximum absolute atomic E-state index is 11.8. The quantitative estimate of drug-likeness (QED) is 0.759. The molecule has 6 heteroatoms. The largest absolute Gasteiger partial charge is 0.465 e. The lowest BCUT2D eigenvalue weighted by Crippen LogP contribution is -2.39. The average molecular weight is 341 g/mol. The van der Waals surface area contributed by atoms with Crippen LogP contribution < -0.4 is 15.5 Å². The van der Waals surface area contributed by atoms with Crippen molar-refractivity contribution in [3.8, 4) is 0 Å².